The van der Waals surface area contributed by atoms with E-state index in [9.17, 15) is 0 Å². The number of hydrogen-bond donors (Lipinski definition) is 1. The van der Waals surface area contributed by atoms with Crippen LogP contribution in [0.1, 0.15) is 35.2 Å². The second-order valence-electron chi connectivity index (χ2n) is 6.06. The van der Waals surface area contributed by atoms with Crippen LogP contribution in [0.25, 0.3) is 5.70 Å². The van der Waals surface area contributed by atoms with E-state index >= 15 is 0 Å². The molecule has 5 nitrogen and oxygen atoms in total. The molecule has 1 atom stereocenters. The van der Waals surface area contributed by atoms with Gasteiger partial charge in [0.15, 0.2) is 0 Å². The molecule has 1 aromatic heterocycles. The lowest BCUT2D eigenvalue weighted by atomic mass is 9.99. The zero-order chi connectivity index (χ0) is 16.5. The van der Waals surface area contributed by atoms with Crippen LogP contribution in [0.15, 0.2) is 54.6 Å². The Labute approximate surface area is 141 Å². The fourth-order valence-corrected chi connectivity index (χ4v) is 3.03. The molecule has 5 heteroatoms. The van der Waals surface area contributed by atoms with Crippen LogP contribution in [0, 0.1) is 6.92 Å². The Hall–Kier alpha value is -2.95. The Morgan fingerprint density at radius 1 is 1.12 bits per heavy atom. The lowest BCUT2D eigenvalue weighted by Crippen LogP contribution is -2.20. The van der Waals surface area contributed by atoms with Gasteiger partial charge in [-0.15, -0.1) is 0 Å². The van der Waals surface area contributed by atoms with E-state index in [1.807, 2.05) is 4.68 Å². The van der Waals surface area contributed by atoms with Gasteiger partial charge in [-0.25, -0.2) is 0 Å². The number of nitrogens with zero attached hydrogens (tertiary/aromatic N) is 4. The highest BCUT2D eigenvalue weighted by atomic mass is 15.6. The van der Waals surface area contributed by atoms with Gasteiger partial charge < -0.3 is 5.32 Å². The lowest BCUT2D eigenvalue weighted by Gasteiger charge is -2.23. The van der Waals surface area contributed by atoms with Crippen LogP contribution in [0.2, 0.25) is 0 Å². The van der Waals surface area contributed by atoms with E-state index < -0.39 is 0 Å². The van der Waals surface area contributed by atoms with E-state index in [2.05, 4.69) is 89.3 Å². The molecule has 0 aliphatic carbocycles. The van der Waals surface area contributed by atoms with Crippen molar-refractivity contribution in [3.63, 3.8) is 0 Å². The van der Waals surface area contributed by atoms with E-state index in [1.165, 1.54) is 16.7 Å². The van der Waals surface area contributed by atoms with Crippen LogP contribution < -0.4 is 5.32 Å². The third kappa shape index (κ3) is 2.58. The first-order valence-corrected chi connectivity index (χ1v) is 8.17. The van der Waals surface area contributed by atoms with Crippen LogP contribution in [-0.2, 0) is 6.42 Å². The molecule has 2 heterocycles. The normalized spacial score (nSPS) is 16.2. The molecule has 24 heavy (non-hydrogen) atoms. The van der Waals surface area contributed by atoms with E-state index in [0.717, 1.165) is 17.7 Å². The Kier molecular flexibility index (Phi) is 3.61. The van der Waals surface area contributed by atoms with E-state index in [4.69, 9.17) is 0 Å². The van der Waals surface area contributed by atoms with Gasteiger partial charge in [0, 0.05) is 5.70 Å². The van der Waals surface area contributed by atoms with Crippen molar-refractivity contribution in [2.24, 2.45) is 0 Å². The number of allylic oxidation sites excluding steroid dienone is 1. The van der Waals surface area contributed by atoms with Gasteiger partial charge in [-0.1, -0.05) is 66.1 Å². The molecule has 0 saturated heterocycles. The molecular weight excluding hydrogens is 298 g/mol. The molecule has 2 aromatic carbocycles. The van der Waals surface area contributed by atoms with Crippen molar-refractivity contribution >= 4 is 11.6 Å². The van der Waals surface area contributed by atoms with Crippen molar-refractivity contribution in [1.29, 1.82) is 0 Å². The van der Waals surface area contributed by atoms with Gasteiger partial charge in [-0.3, -0.25) is 0 Å². The number of benzene rings is 2. The van der Waals surface area contributed by atoms with Crippen LogP contribution in [0.3, 0.4) is 0 Å². The average molecular weight is 317 g/mol. The zero-order valence-electron chi connectivity index (χ0n) is 13.8. The van der Waals surface area contributed by atoms with Crippen molar-refractivity contribution < 1.29 is 0 Å². The Bertz CT molecular complexity index is 892. The van der Waals surface area contributed by atoms with Gasteiger partial charge in [-0.2, -0.15) is 4.68 Å². The molecule has 1 N–H and O–H groups in total. The summed E-state index contributed by atoms with van der Waals surface area (Å²) in [6.45, 7) is 4.26. The maximum absolute atomic E-state index is 4.15. The van der Waals surface area contributed by atoms with Gasteiger partial charge in [0.2, 0.25) is 5.95 Å². The topological polar surface area (TPSA) is 55.6 Å². The molecule has 0 saturated carbocycles. The largest absolute Gasteiger partial charge is 0.323 e. The summed E-state index contributed by atoms with van der Waals surface area (Å²) in [6.07, 6.45) is 3.22. The highest BCUT2D eigenvalue weighted by Crippen LogP contribution is 2.31. The molecule has 0 fully saturated rings. The predicted octanol–water partition coefficient (Wildman–Crippen LogP) is 3.60. The predicted molar refractivity (Wildman–Crippen MR) is 94.6 cm³/mol. The number of aryl methyl sites for hydroxylation is 2. The van der Waals surface area contributed by atoms with Crippen molar-refractivity contribution in [1.82, 2.24) is 20.2 Å². The van der Waals surface area contributed by atoms with Crippen LogP contribution in [0.4, 0.5) is 5.95 Å². The number of fused-ring (bicyclic) bond motifs is 1. The SMILES string of the molecule is CCc1ccc(C2=C[C@H](c3cccc(C)c3)n3nnnc3N2)cc1. The van der Waals surface area contributed by atoms with E-state index in [1.54, 1.807) is 0 Å². The van der Waals surface area contributed by atoms with Crippen LogP contribution in [0.5, 0.6) is 0 Å². The molecule has 1 aliphatic heterocycles. The summed E-state index contributed by atoms with van der Waals surface area (Å²) in [6, 6.07) is 17.1. The summed E-state index contributed by atoms with van der Waals surface area (Å²) in [5.74, 6) is 0.665. The first kappa shape index (κ1) is 14.6. The molecule has 120 valence electrons. The standard InChI is InChI=1S/C19H19N5/c1-3-14-7-9-15(10-8-14)17-12-18(16-6-4-5-13(2)11-16)24-19(20-17)21-22-23-24/h4-12,18H,3H2,1-2H3,(H,20,21,23)/t18-/m1/s1. The molecule has 1 aliphatic rings. The quantitative estimate of drug-likeness (QED) is 0.802. The number of aromatic nitrogens is 4. The Balaban J connectivity index is 1.78. The third-order valence-corrected chi connectivity index (χ3v) is 4.38. The molecule has 0 amide bonds. The summed E-state index contributed by atoms with van der Waals surface area (Å²) in [5, 5.41) is 15.4. The van der Waals surface area contributed by atoms with Crippen LogP contribution in [-0.4, -0.2) is 20.2 Å². The van der Waals surface area contributed by atoms with Crippen LogP contribution >= 0.6 is 0 Å². The zero-order valence-corrected chi connectivity index (χ0v) is 13.8. The number of rotatable bonds is 3. The molecule has 0 unspecified atom stereocenters. The van der Waals surface area contributed by atoms with E-state index in [0.29, 0.717) is 5.95 Å². The summed E-state index contributed by atoms with van der Waals surface area (Å²) in [5.41, 5.74) is 5.90. The molecule has 0 radical (unpaired) electrons. The second-order valence-corrected chi connectivity index (χ2v) is 6.06. The maximum Gasteiger partial charge on any atom is 0.248 e. The summed E-state index contributed by atoms with van der Waals surface area (Å²) in [7, 11) is 0. The van der Waals surface area contributed by atoms with Gasteiger partial charge in [0.05, 0.1) is 0 Å². The minimum absolute atomic E-state index is 0.0167. The monoisotopic (exact) mass is 317 g/mol. The van der Waals surface area contributed by atoms with Crippen molar-refractivity contribution in [3.05, 3.63) is 76.9 Å². The van der Waals surface area contributed by atoms with Crippen molar-refractivity contribution in [3.8, 4) is 0 Å². The van der Waals surface area contributed by atoms with Gasteiger partial charge in [-0.05, 0) is 46.5 Å². The summed E-state index contributed by atoms with van der Waals surface area (Å²) >= 11 is 0. The first-order valence-electron chi connectivity index (χ1n) is 8.17. The third-order valence-electron chi connectivity index (χ3n) is 4.38. The molecule has 0 spiro atoms. The smallest absolute Gasteiger partial charge is 0.248 e. The van der Waals surface area contributed by atoms with Crippen molar-refractivity contribution in [2.45, 2.75) is 26.3 Å². The second kappa shape index (κ2) is 5.92. The van der Waals surface area contributed by atoms with Crippen molar-refractivity contribution in [2.75, 3.05) is 5.32 Å². The average Bonchev–Trinajstić information content (AvgIpc) is 3.09. The minimum atomic E-state index is -0.0167. The molecule has 0 bridgehead atoms. The highest BCUT2D eigenvalue weighted by molar-refractivity contribution is 5.77. The van der Waals surface area contributed by atoms with Gasteiger partial charge in [0.25, 0.3) is 0 Å². The maximum atomic E-state index is 4.15. The fraction of sp³-hybridized carbons (Fsp3) is 0.211. The van der Waals surface area contributed by atoms with Gasteiger partial charge >= 0.3 is 0 Å². The lowest BCUT2D eigenvalue weighted by molar-refractivity contribution is 0.585. The number of nitrogens with one attached hydrogen (secondary N) is 1. The number of hydrogen-bond acceptors (Lipinski definition) is 4. The fourth-order valence-electron chi connectivity index (χ4n) is 3.03. The summed E-state index contributed by atoms with van der Waals surface area (Å²) < 4.78 is 1.82. The molecule has 3 aromatic rings. The highest BCUT2D eigenvalue weighted by Gasteiger charge is 2.24. The summed E-state index contributed by atoms with van der Waals surface area (Å²) in [4.78, 5) is 0. The van der Waals surface area contributed by atoms with E-state index in [-0.39, 0.29) is 6.04 Å². The van der Waals surface area contributed by atoms with Gasteiger partial charge in [0.1, 0.15) is 6.04 Å². The molecule has 4 rings (SSSR count). The first-order chi connectivity index (χ1) is 11.7. The Morgan fingerprint density at radius 2 is 1.96 bits per heavy atom. The molecular formula is C19H19N5. The number of anilines is 1. The minimum Gasteiger partial charge on any atom is -0.323 e. The Morgan fingerprint density at radius 3 is 2.71 bits per heavy atom. The number of tetrazole rings is 1.